The molecule has 108 valence electrons. The number of hydrogen-bond acceptors (Lipinski definition) is 3. The molecule has 5 heteroatoms. The third-order valence-corrected chi connectivity index (χ3v) is 3.80. The highest BCUT2D eigenvalue weighted by atomic mass is 19.1. The van der Waals surface area contributed by atoms with E-state index in [2.05, 4.69) is 4.99 Å². The molecular formula is C16H15F2N3. The molecule has 1 atom stereocenters. The number of aliphatic imine (C=N–C) groups is 1. The van der Waals surface area contributed by atoms with Gasteiger partial charge in [0.1, 0.15) is 11.6 Å². The van der Waals surface area contributed by atoms with Gasteiger partial charge in [0.25, 0.3) is 0 Å². The molecule has 0 amide bonds. The Morgan fingerprint density at radius 2 is 1.81 bits per heavy atom. The maximum atomic E-state index is 13.5. The van der Waals surface area contributed by atoms with Crippen LogP contribution in [0.15, 0.2) is 53.5 Å². The second-order valence-corrected chi connectivity index (χ2v) is 5.27. The number of benzene rings is 2. The average molecular weight is 287 g/mol. The fourth-order valence-electron chi connectivity index (χ4n) is 2.68. The van der Waals surface area contributed by atoms with E-state index in [1.165, 1.54) is 24.3 Å². The minimum absolute atomic E-state index is 0.307. The Bertz CT molecular complexity index is 697. The van der Waals surface area contributed by atoms with Crippen molar-refractivity contribution in [1.29, 1.82) is 0 Å². The van der Waals surface area contributed by atoms with E-state index in [-0.39, 0.29) is 11.6 Å². The van der Waals surface area contributed by atoms with Gasteiger partial charge < -0.3 is 10.6 Å². The zero-order chi connectivity index (χ0) is 15.0. The number of nitrogens with zero attached hydrogens (tertiary/aromatic N) is 2. The quantitative estimate of drug-likeness (QED) is 0.922. The number of halogens is 2. The van der Waals surface area contributed by atoms with Crippen LogP contribution in [0.4, 0.5) is 14.5 Å². The Morgan fingerprint density at radius 3 is 2.48 bits per heavy atom. The summed E-state index contributed by atoms with van der Waals surface area (Å²) in [5.74, 6) is -0.285. The Morgan fingerprint density at radius 1 is 1.10 bits per heavy atom. The van der Waals surface area contributed by atoms with Gasteiger partial charge in [-0.1, -0.05) is 12.1 Å². The maximum absolute atomic E-state index is 13.5. The van der Waals surface area contributed by atoms with Crippen molar-refractivity contribution < 1.29 is 8.78 Å². The summed E-state index contributed by atoms with van der Waals surface area (Å²) in [5, 5.41) is 0. The van der Waals surface area contributed by atoms with E-state index in [0.29, 0.717) is 12.5 Å². The lowest BCUT2D eigenvalue weighted by Crippen LogP contribution is -2.47. The lowest BCUT2D eigenvalue weighted by molar-refractivity contribution is 0.524. The number of guanidine groups is 1. The van der Waals surface area contributed by atoms with Crippen LogP contribution in [0.1, 0.15) is 12.5 Å². The molecule has 2 aromatic rings. The second kappa shape index (κ2) is 4.84. The molecule has 0 fully saturated rings. The molecule has 1 heterocycles. The Kier molecular flexibility index (Phi) is 3.12. The van der Waals surface area contributed by atoms with Crippen molar-refractivity contribution in [3.05, 3.63) is 65.7 Å². The van der Waals surface area contributed by atoms with Crippen molar-refractivity contribution in [3.8, 4) is 0 Å². The number of nitrogens with two attached hydrogens (primary N) is 1. The molecule has 1 unspecified atom stereocenters. The molecule has 0 saturated heterocycles. The van der Waals surface area contributed by atoms with Gasteiger partial charge in [0.2, 0.25) is 0 Å². The summed E-state index contributed by atoms with van der Waals surface area (Å²) in [6.45, 7) is 2.36. The molecule has 3 nitrogen and oxygen atoms in total. The first-order valence-corrected chi connectivity index (χ1v) is 6.62. The van der Waals surface area contributed by atoms with E-state index in [4.69, 9.17) is 5.73 Å². The van der Waals surface area contributed by atoms with E-state index in [0.717, 1.165) is 11.3 Å². The zero-order valence-corrected chi connectivity index (χ0v) is 11.6. The molecule has 3 rings (SSSR count). The first-order chi connectivity index (χ1) is 10.0. The number of rotatable bonds is 2. The molecule has 1 aliphatic rings. The number of hydrogen-bond donors (Lipinski definition) is 1. The largest absolute Gasteiger partial charge is 0.369 e. The van der Waals surface area contributed by atoms with E-state index in [1.807, 2.05) is 13.0 Å². The van der Waals surface area contributed by atoms with Gasteiger partial charge in [-0.25, -0.2) is 8.78 Å². The topological polar surface area (TPSA) is 41.6 Å². The summed E-state index contributed by atoms with van der Waals surface area (Å²) in [6, 6.07) is 12.4. The molecule has 0 bridgehead atoms. The van der Waals surface area contributed by atoms with Gasteiger partial charge in [-0.2, -0.15) is 0 Å². The standard InChI is InChI=1S/C16H15F2N3/c1-16(11-3-2-4-13(18)9-11)10-20-15(19)21(16)14-7-5-12(17)6-8-14/h2-9H,10H2,1H3,(H2,19,20). The van der Waals surface area contributed by atoms with Gasteiger partial charge >= 0.3 is 0 Å². The van der Waals surface area contributed by atoms with Crippen molar-refractivity contribution in [2.75, 3.05) is 11.4 Å². The van der Waals surface area contributed by atoms with Gasteiger partial charge in [-0.3, -0.25) is 4.99 Å². The van der Waals surface area contributed by atoms with E-state index in [1.54, 1.807) is 23.1 Å². The molecule has 1 aliphatic heterocycles. The maximum Gasteiger partial charge on any atom is 0.196 e. The fourth-order valence-corrected chi connectivity index (χ4v) is 2.68. The smallest absolute Gasteiger partial charge is 0.196 e. The first-order valence-electron chi connectivity index (χ1n) is 6.62. The van der Waals surface area contributed by atoms with E-state index >= 15 is 0 Å². The molecule has 0 radical (unpaired) electrons. The predicted molar refractivity (Wildman–Crippen MR) is 79.1 cm³/mol. The van der Waals surface area contributed by atoms with Crippen LogP contribution in [0, 0.1) is 11.6 Å². The van der Waals surface area contributed by atoms with Crippen LogP contribution in [0.25, 0.3) is 0 Å². The Labute approximate surface area is 121 Å². The highest BCUT2D eigenvalue weighted by molar-refractivity contribution is 5.98. The summed E-state index contributed by atoms with van der Waals surface area (Å²) >= 11 is 0. The summed E-state index contributed by atoms with van der Waals surface area (Å²) in [6.07, 6.45) is 0. The molecule has 21 heavy (non-hydrogen) atoms. The number of anilines is 1. The summed E-state index contributed by atoms with van der Waals surface area (Å²) in [5.41, 5.74) is 6.89. The first kappa shape index (κ1) is 13.5. The SMILES string of the molecule is CC1(c2cccc(F)c2)CN=C(N)N1c1ccc(F)cc1. The average Bonchev–Trinajstić information content (AvgIpc) is 2.77. The van der Waals surface area contributed by atoms with Crippen LogP contribution in [0.2, 0.25) is 0 Å². The van der Waals surface area contributed by atoms with Gasteiger partial charge in [0.15, 0.2) is 5.96 Å². The normalized spacial score (nSPS) is 21.5. The van der Waals surface area contributed by atoms with Gasteiger partial charge in [0, 0.05) is 5.69 Å². The third-order valence-electron chi connectivity index (χ3n) is 3.80. The lowest BCUT2D eigenvalue weighted by atomic mass is 9.90. The Balaban J connectivity index is 2.07. The molecule has 0 aromatic heterocycles. The van der Waals surface area contributed by atoms with Gasteiger partial charge in [-0.05, 0) is 48.9 Å². The molecule has 0 spiro atoms. The molecular weight excluding hydrogens is 272 g/mol. The van der Waals surface area contributed by atoms with E-state index in [9.17, 15) is 8.78 Å². The molecule has 0 aliphatic carbocycles. The Hall–Kier alpha value is -2.43. The highest BCUT2D eigenvalue weighted by Crippen LogP contribution is 2.36. The van der Waals surface area contributed by atoms with Crippen LogP contribution >= 0.6 is 0 Å². The highest BCUT2D eigenvalue weighted by Gasteiger charge is 2.40. The van der Waals surface area contributed by atoms with Gasteiger partial charge in [0.05, 0.1) is 12.1 Å². The summed E-state index contributed by atoms with van der Waals surface area (Å²) < 4.78 is 26.6. The summed E-state index contributed by atoms with van der Waals surface area (Å²) in [4.78, 5) is 6.09. The van der Waals surface area contributed by atoms with Crippen LogP contribution in [0.5, 0.6) is 0 Å². The minimum atomic E-state index is -0.593. The molecule has 0 saturated carbocycles. The zero-order valence-electron chi connectivity index (χ0n) is 11.6. The fraction of sp³-hybridized carbons (Fsp3) is 0.188. The molecule has 2 N–H and O–H groups in total. The lowest BCUT2D eigenvalue weighted by Gasteiger charge is -2.36. The van der Waals surface area contributed by atoms with E-state index < -0.39 is 5.54 Å². The van der Waals surface area contributed by atoms with Crippen molar-refractivity contribution >= 4 is 11.6 Å². The van der Waals surface area contributed by atoms with Crippen molar-refractivity contribution in [3.63, 3.8) is 0 Å². The van der Waals surface area contributed by atoms with Crippen LogP contribution < -0.4 is 10.6 Å². The second-order valence-electron chi connectivity index (χ2n) is 5.27. The van der Waals surface area contributed by atoms with Crippen molar-refractivity contribution in [2.24, 2.45) is 10.7 Å². The van der Waals surface area contributed by atoms with Crippen LogP contribution in [-0.2, 0) is 5.54 Å². The van der Waals surface area contributed by atoms with Gasteiger partial charge in [-0.15, -0.1) is 0 Å². The van der Waals surface area contributed by atoms with Crippen molar-refractivity contribution in [1.82, 2.24) is 0 Å². The predicted octanol–water partition coefficient (Wildman–Crippen LogP) is 3.01. The van der Waals surface area contributed by atoms with Crippen LogP contribution in [0.3, 0.4) is 0 Å². The monoisotopic (exact) mass is 287 g/mol. The minimum Gasteiger partial charge on any atom is -0.369 e. The van der Waals surface area contributed by atoms with Crippen molar-refractivity contribution in [2.45, 2.75) is 12.5 Å². The summed E-state index contributed by atoms with van der Waals surface area (Å²) in [7, 11) is 0. The van der Waals surface area contributed by atoms with Crippen LogP contribution in [-0.4, -0.2) is 12.5 Å². The molecule has 2 aromatic carbocycles. The third kappa shape index (κ3) is 2.24.